The fraction of sp³-hybridized carbons (Fsp3) is 0.700. The number of carbonyl (C=O) groups excluding carboxylic acids is 2. The van der Waals surface area contributed by atoms with Gasteiger partial charge in [-0.2, -0.15) is 0 Å². The van der Waals surface area contributed by atoms with Crippen molar-refractivity contribution >= 4 is 18.0 Å². The number of aliphatic carboxylic acids is 1. The molecule has 1 aliphatic heterocycles. The van der Waals surface area contributed by atoms with Crippen LogP contribution in [0.5, 0.6) is 0 Å². The molecule has 8 nitrogen and oxygen atoms in total. The summed E-state index contributed by atoms with van der Waals surface area (Å²) in [6.07, 6.45) is -0.774. The maximum atomic E-state index is 11.4. The van der Waals surface area contributed by atoms with Crippen LogP contribution in [0.2, 0.25) is 0 Å². The van der Waals surface area contributed by atoms with Gasteiger partial charge in [-0.25, -0.2) is 4.79 Å². The normalized spacial score (nSPS) is 17.2. The van der Waals surface area contributed by atoms with E-state index in [2.05, 4.69) is 10.1 Å². The molecule has 1 aliphatic rings. The predicted molar refractivity (Wildman–Crippen MR) is 61.1 cm³/mol. The van der Waals surface area contributed by atoms with E-state index in [9.17, 15) is 14.4 Å². The minimum atomic E-state index is -0.855. The van der Waals surface area contributed by atoms with Gasteiger partial charge < -0.3 is 9.84 Å². The van der Waals surface area contributed by atoms with Gasteiger partial charge in [0.15, 0.2) is 0 Å². The van der Waals surface area contributed by atoms with Crippen LogP contribution in [0.15, 0.2) is 0 Å². The number of methoxy groups -OCH3 is 1. The summed E-state index contributed by atoms with van der Waals surface area (Å²) in [6.45, 7) is 2.51. The molecular formula is C10H17N3O5. The molecule has 0 spiro atoms. The quantitative estimate of drug-likeness (QED) is 0.638. The Labute approximate surface area is 104 Å². The fourth-order valence-electron chi connectivity index (χ4n) is 1.70. The highest BCUT2D eigenvalue weighted by Gasteiger charge is 2.20. The summed E-state index contributed by atoms with van der Waals surface area (Å²) >= 11 is 0. The van der Waals surface area contributed by atoms with Crippen LogP contribution < -0.4 is 5.32 Å². The Kier molecular flexibility index (Phi) is 5.53. The molecule has 0 aromatic carbocycles. The van der Waals surface area contributed by atoms with Gasteiger partial charge in [0.1, 0.15) is 0 Å². The Hall–Kier alpha value is -1.67. The van der Waals surface area contributed by atoms with Crippen LogP contribution in [0.4, 0.5) is 4.79 Å². The van der Waals surface area contributed by atoms with Gasteiger partial charge in [-0.15, -0.1) is 0 Å². The zero-order valence-electron chi connectivity index (χ0n) is 10.2. The van der Waals surface area contributed by atoms with Crippen LogP contribution in [-0.2, 0) is 14.3 Å². The lowest BCUT2D eigenvalue weighted by atomic mass is 10.3. The zero-order chi connectivity index (χ0) is 13.5. The summed E-state index contributed by atoms with van der Waals surface area (Å²) in [4.78, 5) is 36.3. The minimum absolute atomic E-state index is 0.0161. The number of hydrogen-bond acceptors (Lipinski definition) is 6. The molecule has 8 heteroatoms. The summed E-state index contributed by atoms with van der Waals surface area (Å²) < 4.78 is 4.31. The lowest BCUT2D eigenvalue weighted by Crippen LogP contribution is -2.50. The number of carbonyl (C=O) groups is 3. The number of ether oxygens (including phenoxy) is 1. The van der Waals surface area contributed by atoms with E-state index in [0.717, 1.165) is 0 Å². The number of rotatable bonds is 4. The van der Waals surface area contributed by atoms with E-state index in [1.807, 2.05) is 4.90 Å². The van der Waals surface area contributed by atoms with Crippen molar-refractivity contribution in [1.82, 2.24) is 15.1 Å². The summed E-state index contributed by atoms with van der Waals surface area (Å²) in [6, 6.07) is 0. The molecule has 0 bridgehead atoms. The highest BCUT2D eigenvalue weighted by Crippen LogP contribution is 2.00. The van der Waals surface area contributed by atoms with Gasteiger partial charge in [0.2, 0.25) is 5.91 Å². The second-order valence-corrected chi connectivity index (χ2v) is 3.99. The highest BCUT2D eigenvalue weighted by molar-refractivity contribution is 5.92. The number of amides is 2. The highest BCUT2D eigenvalue weighted by atomic mass is 16.5. The second kappa shape index (κ2) is 6.92. The molecule has 0 aliphatic carbocycles. The van der Waals surface area contributed by atoms with Crippen LogP contribution in [-0.4, -0.2) is 79.3 Å². The van der Waals surface area contributed by atoms with Crippen LogP contribution in [0.3, 0.4) is 0 Å². The average molecular weight is 259 g/mol. The molecule has 0 unspecified atom stereocenters. The maximum Gasteiger partial charge on any atom is 0.413 e. The molecule has 1 fully saturated rings. The van der Waals surface area contributed by atoms with Crippen molar-refractivity contribution in [1.29, 1.82) is 0 Å². The summed E-state index contributed by atoms with van der Waals surface area (Å²) in [5, 5.41) is 10.7. The molecule has 2 amide bonds. The molecule has 18 heavy (non-hydrogen) atoms. The Morgan fingerprint density at radius 3 is 2.06 bits per heavy atom. The van der Waals surface area contributed by atoms with Crippen molar-refractivity contribution in [2.45, 2.75) is 0 Å². The van der Waals surface area contributed by atoms with Gasteiger partial charge in [0.25, 0.3) is 0 Å². The molecular weight excluding hydrogens is 242 g/mol. The predicted octanol–water partition coefficient (Wildman–Crippen LogP) is -1.43. The van der Waals surface area contributed by atoms with E-state index in [1.165, 1.54) is 7.11 Å². The third-order valence-corrected chi connectivity index (χ3v) is 2.62. The van der Waals surface area contributed by atoms with Gasteiger partial charge >= 0.3 is 12.1 Å². The first-order chi connectivity index (χ1) is 8.51. The van der Waals surface area contributed by atoms with E-state index in [-0.39, 0.29) is 13.1 Å². The first-order valence-corrected chi connectivity index (χ1v) is 5.55. The van der Waals surface area contributed by atoms with Gasteiger partial charge in [0.05, 0.1) is 20.2 Å². The minimum Gasteiger partial charge on any atom is -0.480 e. The third-order valence-electron chi connectivity index (χ3n) is 2.62. The first kappa shape index (κ1) is 14.4. The molecule has 1 rings (SSSR count). The van der Waals surface area contributed by atoms with Crippen LogP contribution in [0.25, 0.3) is 0 Å². The Morgan fingerprint density at radius 2 is 1.61 bits per heavy atom. The van der Waals surface area contributed by atoms with Gasteiger partial charge in [-0.05, 0) is 0 Å². The van der Waals surface area contributed by atoms with E-state index in [4.69, 9.17) is 5.11 Å². The number of nitrogens with one attached hydrogen (secondary N) is 1. The monoisotopic (exact) mass is 259 g/mol. The van der Waals surface area contributed by atoms with Gasteiger partial charge in [0, 0.05) is 26.2 Å². The number of piperazine rings is 1. The Morgan fingerprint density at radius 1 is 1.11 bits per heavy atom. The molecule has 1 heterocycles. The Bertz CT molecular complexity index is 325. The SMILES string of the molecule is COC(=O)NC(=O)CN1CCN(CC(=O)O)CC1. The summed E-state index contributed by atoms with van der Waals surface area (Å²) in [5.41, 5.74) is 0. The number of carboxylic acids is 1. The van der Waals surface area contributed by atoms with Crippen molar-refractivity contribution < 1.29 is 24.2 Å². The maximum absolute atomic E-state index is 11.4. The number of carboxylic acid groups (broad SMARTS) is 1. The molecule has 0 saturated carbocycles. The largest absolute Gasteiger partial charge is 0.480 e. The fourth-order valence-corrected chi connectivity index (χ4v) is 1.70. The topological polar surface area (TPSA) is 99.2 Å². The third kappa shape index (κ3) is 5.11. The second-order valence-electron chi connectivity index (χ2n) is 3.99. The molecule has 2 N–H and O–H groups in total. The van der Waals surface area contributed by atoms with Crippen LogP contribution in [0, 0.1) is 0 Å². The number of nitrogens with zero attached hydrogens (tertiary/aromatic N) is 2. The van der Waals surface area contributed by atoms with Crippen molar-refractivity contribution in [3.8, 4) is 0 Å². The van der Waals surface area contributed by atoms with Crippen molar-refractivity contribution in [2.75, 3.05) is 46.4 Å². The lowest BCUT2D eigenvalue weighted by molar-refractivity contribution is -0.139. The Balaban J connectivity index is 2.24. The van der Waals surface area contributed by atoms with E-state index in [0.29, 0.717) is 26.2 Å². The molecule has 102 valence electrons. The molecule has 0 aromatic heterocycles. The van der Waals surface area contributed by atoms with Crippen molar-refractivity contribution in [3.05, 3.63) is 0 Å². The standard InChI is InChI=1S/C10H17N3O5/c1-18-10(17)11-8(14)6-12-2-4-13(5-3-12)7-9(15)16/h2-7H2,1H3,(H,15,16)(H,11,14,17). The van der Waals surface area contributed by atoms with E-state index < -0.39 is 18.0 Å². The first-order valence-electron chi connectivity index (χ1n) is 5.55. The number of imide groups is 1. The number of hydrogen-bond donors (Lipinski definition) is 2. The molecule has 1 saturated heterocycles. The van der Waals surface area contributed by atoms with E-state index >= 15 is 0 Å². The van der Waals surface area contributed by atoms with Crippen molar-refractivity contribution in [3.63, 3.8) is 0 Å². The van der Waals surface area contributed by atoms with E-state index in [1.54, 1.807) is 4.90 Å². The average Bonchev–Trinajstić information content (AvgIpc) is 2.30. The van der Waals surface area contributed by atoms with Gasteiger partial charge in [-0.1, -0.05) is 0 Å². The van der Waals surface area contributed by atoms with Crippen molar-refractivity contribution in [2.24, 2.45) is 0 Å². The smallest absolute Gasteiger partial charge is 0.413 e. The summed E-state index contributed by atoms with van der Waals surface area (Å²) in [7, 11) is 1.19. The summed E-state index contributed by atoms with van der Waals surface area (Å²) in [5.74, 6) is -1.28. The molecule has 0 atom stereocenters. The zero-order valence-corrected chi connectivity index (χ0v) is 10.2. The molecule has 0 radical (unpaired) electrons. The van der Waals surface area contributed by atoms with Crippen LogP contribution >= 0.6 is 0 Å². The number of alkyl carbamates (subject to hydrolysis) is 1. The molecule has 0 aromatic rings. The van der Waals surface area contributed by atoms with Gasteiger partial charge in [-0.3, -0.25) is 24.7 Å². The van der Waals surface area contributed by atoms with Crippen LogP contribution in [0.1, 0.15) is 0 Å². The lowest BCUT2D eigenvalue weighted by Gasteiger charge is -2.33.